The van der Waals surface area contributed by atoms with Gasteiger partial charge in [-0.2, -0.15) is 0 Å². The monoisotopic (exact) mass is 264 g/mol. The van der Waals surface area contributed by atoms with E-state index in [-0.39, 0.29) is 0 Å². The summed E-state index contributed by atoms with van der Waals surface area (Å²) in [7, 11) is 0. The summed E-state index contributed by atoms with van der Waals surface area (Å²) in [4.78, 5) is 19.7. The fourth-order valence-corrected chi connectivity index (χ4v) is 1.32. The molecule has 4 nitrogen and oxygen atoms in total. The van der Waals surface area contributed by atoms with Gasteiger partial charge in [0.2, 0.25) is 0 Å². The van der Waals surface area contributed by atoms with Crippen LogP contribution in [0.3, 0.4) is 0 Å². The number of rotatable bonds is 5. The maximum atomic E-state index is 10.7. The number of carboxylic acids is 2. The van der Waals surface area contributed by atoms with Gasteiger partial charge in [-0.1, -0.05) is 44.1 Å². The summed E-state index contributed by atoms with van der Waals surface area (Å²) in [6.45, 7) is 3.24. The van der Waals surface area contributed by atoms with Crippen LogP contribution in [0.4, 0.5) is 0 Å². The van der Waals surface area contributed by atoms with Gasteiger partial charge in [0.05, 0.1) is 5.56 Å². The van der Waals surface area contributed by atoms with Gasteiger partial charge in [0.1, 0.15) is 0 Å². The number of hydrogen-bond acceptors (Lipinski definition) is 2. The number of aromatic carboxylic acids is 1. The topological polar surface area (TPSA) is 74.6 Å². The largest absolute Gasteiger partial charge is 0.481 e. The molecule has 1 aromatic rings. The third kappa shape index (κ3) is 9.59. The van der Waals surface area contributed by atoms with E-state index in [0.717, 1.165) is 18.9 Å². The quantitative estimate of drug-likeness (QED) is 0.795. The lowest BCUT2D eigenvalue weighted by molar-refractivity contribution is -0.134. The molecule has 2 N–H and O–H groups in total. The predicted octanol–water partition coefficient (Wildman–Crippen LogP) is 3.68. The Hall–Kier alpha value is -2.10. The van der Waals surface area contributed by atoms with Crippen molar-refractivity contribution in [2.24, 2.45) is 0 Å². The van der Waals surface area contributed by atoms with Gasteiger partial charge in [0, 0.05) is 6.92 Å². The van der Waals surface area contributed by atoms with Crippen LogP contribution < -0.4 is 0 Å². The van der Waals surface area contributed by atoms with Crippen molar-refractivity contribution in [3.63, 3.8) is 0 Å². The minimum absolute atomic E-state index is 0.340. The summed E-state index contributed by atoms with van der Waals surface area (Å²) in [5.41, 5.74) is 1.29. The summed E-state index contributed by atoms with van der Waals surface area (Å²) >= 11 is 0. The normalized spacial score (nSPS) is 9.79. The number of unbranched alkanes of at least 4 members (excludes halogenated alkanes) is 2. The highest BCUT2D eigenvalue weighted by Crippen LogP contribution is 2.08. The average molecular weight is 264 g/mol. The van der Waals surface area contributed by atoms with Gasteiger partial charge in [0.25, 0.3) is 5.97 Å². The van der Waals surface area contributed by atoms with E-state index >= 15 is 0 Å². The molecule has 0 spiro atoms. The molecule has 0 heterocycles. The summed E-state index contributed by atoms with van der Waals surface area (Å²) < 4.78 is 0. The van der Waals surface area contributed by atoms with Crippen LogP contribution in [0.15, 0.2) is 30.3 Å². The van der Waals surface area contributed by atoms with Gasteiger partial charge < -0.3 is 10.2 Å². The van der Waals surface area contributed by atoms with Gasteiger partial charge in [-0.3, -0.25) is 4.79 Å². The smallest absolute Gasteiger partial charge is 0.335 e. The molecule has 0 saturated carbocycles. The van der Waals surface area contributed by atoms with E-state index in [1.165, 1.54) is 12.8 Å². The van der Waals surface area contributed by atoms with E-state index in [9.17, 15) is 4.79 Å². The number of carboxylic acid groups (broad SMARTS) is 2. The van der Waals surface area contributed by atoms with Crippen molar-refractivity contribution in [3.8, 4) is 0 Å². The highest BCUT2D eigenvalue weighted by molar-refractivity contribution is 5.88. The standard InChI is InChI=1S/C13H16O2.C2H4O2/c1-2-3-4-5-7-11-8-6-9-12(10-11)13(14)15;1-2(3)4/h5-10H,2-4H2,1H3,(H,14,15);1H3,(H,3,4)/b7-5-;. The molecule has 0 fully saturated rings. The third-order valence-corrected chi connectivity index (χ3v) is 2.17. The van der Waals surface area contributed by atoms with Crippen LogP contribution in [0.2, 0.25) is 0 Å². The van der Waals surface area contributed by atoms with Crippen LogP contribution in [-0.4, -0.2) is 22.2 Å². The molecule has 0 saturated heterocycles. The summed E-state index contributed by atoms with van der Waals surface area (Å²) in [6.07, 6.45) is 7.47. The molecule has 1 rings (SSSR count). The molecular weight excluding hydrogens is 244 g/mol. The molecule has 0 aliphatic rings. The van der Waals surface area contributed by atoms with E-state index in [2.05, 4.69) is 13.0 Å². The number of aliphatic carboxylic acids is 1. The first-order chi connectivity index (χ1) is 8.97. The molecular formula is C15H20O4. The second kappa shape index (κ2) is 9.88. The molecule has 0 radical (unpaired) electrons. The van der Waals surface area contributed by atoms with Gasteiger partial charge >= 0.3 is 5.97 Å². The Morgan fingerprint density at radius 1 is 1.26 bits per heavy atom. The first kappa shape index (κ1) is 16.9. The lowest BCUT2D eigenvalue weighted by Crippen LogP contribution is -1.95. The van der Waals surface area contributed by atoms with Crippen molar-refractivity contribution >= 4 is 18.0 Å². The van der Waals surface area contributed by atoms with E-state index in [0.29, 0.717) is 5.56 Å². The SMILES string of the molecule is CC(=O)O.CCCC/C=C\c1cccc(C(=O)O)c1. The molecule has 0 aliphatic heterocycles. The number of hydrogen-bond donors (Lipinski definition) is 2. The first-order valence-corrected chi connectivity index (χ1v) is 6.16. The van der Waals surface area contributed by atoms with E-state index in [1.54, 1.807) is 18.2 Å². The van der Waals surface area contributed by atoms with Crippen molar-refractivity contribution in [2.75, 3.05) is 0 Å². The number of benzene rings is 1. The Balaban J connectivity index is 0.000000711. The molecule has 104 valence electrons. The second-order valence-corrected chi connectivity index (χ2v) is 3.99. The zero-order chi connectivity index (χ0) is 14.7. The van der Waals surface area contributed by atoms with Crippen molar-refractivity contribution in [1.29, 1.82) is 0 Å². The Labute approximate surface area is 113 Å². The van der Waals surface area contributed by atoms with Crippen molar-refractivity contribution in [1.82, 2.24) is 0 Å². The summed E-state index contributed by atoms with van der Waals surface area (Å²) in [6, 6.07) is 6.97. The van der Waals surface area contributed by atoms with E-state index in [4.69, 9.17) is 15.0 Å². The Bertz CT molecular complexity index is 432. The zero-order valence-corrected chi connectivity index (χ0v) is 11.3. The minimum atomic E-state index is -0.876. The van der Waals surface area contributed by atoms with Crippen LogP contribution in [0.5, 0.6) is 0 Å². The summed E-state index contributed by atoms with van der Waals surface area (Å²) in [5, 5.41) is 16.2. The number of carbonyl (C=O) groups is 2. The molecule has 0 amide bonds. The molecule has 4 heteroatoms. The highest BCUT2D eigenvalue weighted by atomic mass is 16.4. The lowest BCUT2D eigenvalue weighted by Gasteiger charge is -1.96. The number of allylic oxidation sites excluding steroid dienone is 1. The minimum Gasteiger partial charge on any atom is -0.481 e. The van der Waals surface area contributed by atoms with Crippen molar-refractivity contribution < 1.29 is 19.8 Å². The maximum absolute atomic E-state index is 10.7. The fourth-order valence-electron chi connectivity index (χ4n) is 1.32. The average Bonchev–Trinajstić information content (AvgIpc) is 2.34. The van der Waals surface area contributed by atoms with Crippen molar-refractivity contribution in [3.05, 3.63) is 41.5 Å². The van der Waals surface area contributed by atoms with E-state index in [1.807, 2.05) is 12.1 Å². The maximum Gasteiger partial charge on any atom is 0.335 e. The van der Waals surface area contributed by atoms with E-state index < -0.39 is 11.9 Å². The predicted molar refractivity (Wildman–Crippen MR) is 75.3 cm³/mol. The Morgan fingerprint density at radius 2 is 1.89 bits per heavy atom. The third-order valence-electron chi connectivity index (χ3n) is 2.17. The van der Waals surface area contributed by atoms with Gasteiger partial charge in [-0.25, -0.2) is 4.79 Å². The van der Waals surface area contributed by atoms with Crippen LogP contribution in [0, 0.1) is 0 Å². The molecule has 0 aliphatic carbocycles. The molecule has 0 atom stereocenters. The second-order valence-electron chi connectivity index (χ2n) is 3.99. The van der Waals surface area contributed by atoms with Gasteiger partial charge in [-0.15, -0.1) is 0 Å². The lowest BCUT2D eigenvalue weighted by atomic mass is 10.1. The fraction of sp³-hybridized carbons (Fsp3) is 0.333. The highest BCUT2D eigenvalue weighted by Gasteiger charge is 2.00. The van der Waals surface area contributed by atoms with Gasteiger partial charge in [-0.05, 0) is 24.1 Å². The Morgan fingerprint density at radius 3 is 2.42 bits per heavy atom. The molecule has 1 aromatic carbocycles. The zero-order valence-electron chi connectivity index (χ0n) is 11.3. The van der Waals surface area contributed by atoms with Crippen molar-refractivity contribution in [2.45, 2.75) is 33.1 Å². The summed E-state index contributed by atoms with van der Waals surface area (Å²) in [5.74, 6) is -1.71. The van der Waals surface area contributed by atoms with Gasteiger partial charge in [0.15, 0.2) is 0 Å². The van der Waals surface area contributed by atoms with Crippen LogP contribution in [0.25, 0.3) is 6.08 Å². The molecule has 0 bridgehead atoms. The molecule has 19 heavy (non-hydrogen) atoms. The van der Waals surface area contributed by atoms with Crippen LogP contribution in [-0.2, 0) is 4.79 Å². The Kier molecular flexibility index (Phi) is 8.79. The van der Waals surface area contributed by atoms with Crippen LogP contribution in [0.1, 0.15) is 49.0 Å². The molecule has 0 unspecified atom stereocenters. The first-order valence-electron chi connectivity index (χ1n) is 6.16. The van der Waals surface area contributed by atoms with Crippen LogP contribution >= 0.6 is 0 Å². The molecule has 0 aromatic heterocycles.